The lowest BCUT2D eigenvalue weighted by molar-refractivity contribution is 0.255. The van der Waals surface area contributed by atoms with Gasteiger partial charge >= 0.3 is 6.03 Å². The molecule has 0 radical (unpaired) electrons. The molecule has 1 atom stereocenters. The number of hydrogen-bond acceptors (Lipinski definition) is 4. The minimum Gasteiger partial charge on any atom is -0.497 e. The first-order valence-corrected chi connectivity index (χ1v) is 7.31. The van der Waals surface area contributed by atoms with Crippen LogP contribution in [0, 0.1) is 0 Å². The van der Waals surface area contributed by atoms with Crippen LogP contribution in [0.2, 0.25) is 0 Å². The molecule has 2 heterocycles. The summed E-state index contributed by atoms with van der Waals surface area (Å²) in [7, 11) is 1.64. The van der Waals surface area contributed by atoms with Gasteiger partial charge < -0.3 is 4.74 Å². The number of rotatable bonds is 2. The van der Waals surface area contributed by atoms with Crippen molar-refractivity contribution in [1.82, 2.24) is 0 Å². The van der Waals surface area contributed by atoms with Crippen LogP contribution in [0.5, 0.6) is 5.75 Å². The van der Waals surface area contributed by atoms with Crippen molar-refractivity contribution in [3.63, 3.8) is 0 Å². The van der Waals surface area contributed by atoms with E-state index in [9.17, 15) is 4.79 Å². The number of ether oxygens (including phenoxy) is 1. The highest BCUT2D eigenvalue weighted by Gasteiger charge is 2.35. The molecular formula is C17H14N4O2. The topological polar surface area (TPSA) is 66.6 Å². The number of anilines is 1. The van der Waals surface area contributed by atoms with Gasteiger partial charge in [0.15, 0.2) is 6.17 Å². The lowest BCUT2D eigenvalue weighted by Crippen LogP contribution is -2.33. The Labute approximate surface area is 133 Å². The number of benzene rings is 2. The van der Waals surface area contributed by atoms with Gasteiger partial charge in [-0.1, -0.05) is 17.2 Å². The number of methoxy groups -OCH3 is 1. The van der Waals surface area contributed by atoms with Gasteiger partial charge in [-0.2, -0.15) is 5.11 Å². The van der Waals surface area contributed by atoms with Gasteiger partial charge in [0.2, 0.25) is 0 Å². The Balaban J connectivity index is 1.81. The van der Waals surface area contributed by atoms with E-state index in [0.29, 0.717) is 6.42 Å². The molecule has 1 unspecified atom stereocenters. The average molecular weight is 306 g/mol. The van der Waals surface area contributed by atoms with Crippen molar-refractivity contribution in [2.75, 3.05) is 12.0 Å². The molecule has 0 bridgehead atoms. The predicted octanol–water partition coefficient (Wildman–Crippen LogP) is 3.94. The van der Waals surface area contributed by atoms with Crippen molar-refractivity contribution >= 4 is 23.1 Å². The normalized spacial score (nSPS) is 19.0. The molecule has 6 nitrogen and oxygen atoms in total. The van der Waals surface area contributed by atoms with Crippen molar-refractivity contribution < 1.29 is 9.53 Å². The van der Waals surface area contributed by atoms with Crippen LogP contribution in [0.3, 0.4) is 0 Å². The lowest BCUT2D eigenvalue weighted by Gasteiger charge is -2.19. The molecule has 0 aliphatic carbocycles. The zero-order chi connectivity index (χ0) is 15.8. The number of carbonyl (C=O) groups excluding carboxylic acids is 1. The van der Waals surface area contributed by atoms with Gasteiger partial charge in [0.05, 0.1) is 24.2 Å². The van der Waals surface area contributed by atoms with Crippen molar-refractivity contribution in [1.29, 1.82) is 0 Å². The van der Waals surface area contributed by atoms with Crippen molar-refractivity contribution in [3.05, 3.63) is 54.1 Å². The van der Waals surface area contributed by atoms with E-state index in [4.69, 9.17) is 9.73 Å². The van der Waals surface area contributed by atoms with E-state index in [0.717, 1.165) is 28.4 Å². The molecule has 6 heteroatoms. The number of urea groups is 1. The highest BCUT2D eigenvalue weighted by molar-refractivity contribution is 6.07. The maximum Gasteiger partial charge on any atom is 0.368 e. The van der Waals surface area contributed by atoms with Gasteiger partial charge in [-0.25, -0.2) is 4.79 Å². The largest absolute Gasteiger partial charge is 0.497 e. The number of para-hydroxylation sites is 2. The summed E-state index contributed by atoms with van der Waals surface area (Å²) in [5.41, 5.74) is 3.36. The maximum atomic E-state index is 12.0. The first-order valence-electron chi connectivity index (χ1n) is 7.31. The lowest BCUT2D eigenvalue weighted by atomic mass is 10.1. The van der Waals surface area contributed by atoms with Gasteiger partial charge in [0, 0.05) is 6.42 Å². The van der Waals surface area contributed by atoms with E-state index in [1.165, 1.54) is 0 Å². The van der Waals surface area contributed by atoms with E-state index in [2.05, 4.69) is 10.2 Å². The van der Waals surface area contributed by atoms with Crippen LogP contribution in [-0.2, 0) is 0 Å². The van der Waals surface area contributed by atoms with E-state index >= 15 is 0 Å². The summed E-state index contributed by atoms with van der Waals surface area (Å²) in [5, 5.41) is 7.82. The number of hydrogen-bond donors (Lipinski definition) is 0. The molecule has 2 aromatic carbocycles. The zero-order valence-corrected chi connectivity index (χ0v) is 12.5. The summed E-state index contributed by atoms with van der Waals surface area (Å²) in [5.74, 6) is 0.792. The highest BCUT2D eigenvalue weighted by atomic mass is 16.5. The van der Waals surface area contributed by atoms with Gasteiger partial charge in [-0.15, -0.1) is 0 Å². The third-order valence-electron chi connectivity index (χ3n) is 3.98. The monoisotopic (exact) mass is 306 g/mol. The Morgan fingerprint density at radius 2 is 1.91 bits per heavy atom. The summed E-state index contributed by atoms with van der Waals surface area (Å²) in [4.78, 5) is 18.4. The first kappa shape index (κ1) is 13.6. The number of carbonyl (C=O) groups is 1. The van der Waals surface area contributed by atoms with Crippen molar-refractivity contribution in [3.8, 4) is 5.75 Å². The second kappa shape index (κ2) is 5.31. The molecule has 0 saturated heterocycles. The van der Waals surface area contributed by atoms with E-state index in [-0.39, 0.29) is 12.2 Å². The number of amides is 2. The molecule has 114 valence electrons. The van der Waals surface area contributed by atoms with E-state index in [1.54, 1.807) is 12.0 Å². The van der Waals surface area contributed by atoms with Crippen LogP contribution >= 0.6 is 0 Å². The van der Waals surface area contributed by atoms with Gasteiger partial charge in [-0.3, -0.25) is 9.89 Å². The second-order valence-electron chi connectivity index (χ2n) is 5.33. The first-order chi connectivity index (χ1) is 11.3. The Morgan fingerprint density at radius 3 is 2.70 bits per heavy atom. The minimum absolute atomic E-state index is 0.339. The minimum atomic E-state index is -0.341. The Kier molecular flexibility index (Phi) is 3.15. The standard InChI is InChI=1S/C17H14N4O2/c1-23-12-8-6-11(7-9-12)14-10-16-19-20-17(22)21(16)15-5-3-2-4-13(15)18-14/h2-9,16H,10H2,1H3. The SMILES string of the molecule is COc1ccc(C2=Nc3ccccc3N3C(=O)N=NC3C2)cc1. The molecule has 0 fully saturated rings. The molecule has 23 heavy (non-hydrogen) atoms. The Hall–Kier alpha value is -3.02. The summed E-state index contributed by atoms with van der Waals surface area (Å²) in [6.07, 6.45) is 0.183. The number of azo groups is 1. The maximum absolute atomic E-state index is 12.0. The van der Waals surface area contributed by atoms with Crippen LogP contribution in [0.1, 0.15) is 12.0 Å². The fourth-order valence-corrected chi connectivity index (χ4v) is 2.83. The molecule has 2 aliphatic rings. The summed E-state index contributed by atoms with van der Waals surface area (Å²) >= 11 is 0. The van der Waals surface area contributed by atoms with Crippen molar-refractivity contribution in [2.24, 2.45) is 15.2 Å². The molecule has 2 aliphatic heterocycles. The predicted molar refractivity (Wildman–Crippen MR) is 86.8 cm³/mol. The zero-order valence-electron chi connectivity index (χ0n) is 12.5. The second-order valence-corrected chi connectivity index (χ2v) is 5.33. The molecule has 0 N–H and O–H groups in total. The van der Waals surface area contributed by atoms with Gasteiger partial charge in [0.25, 0.3) is 0 Å². The smallest absolute Gasteiger partial charge is 0.368 e. The summed E-state index contributed by atoms with van der Waals surface area (Å²) in [6, 6.07) is 14.9. The summed E-state index contributed by atoms with van der Waals surface area (Å²) in [6.45, 7) is 0. The molecule has 2 amide bonds. The van der Waals surface area contributed by atoms with Gasteiger partial charge in [0.1, 0.15) is 5.75 Å². The fraction of sp³-hybridized carbons (Fsp3) is 0.176. The molecule has 0 saturated carbocycles. The van der Waals surface area contributed by atoms with Crippen LogP contribution in [0.25, 0.3) is 0 Å². The highest BCUT2D eigenvalue weighted by Crippen LogP contribution is 2.37. The Bertz CT molecular complexity index is 827. The Morgan fingerprint density at radius 1 is 1.13 bits per heavy atom. The van der Waals surface area contributed by atoms with E-state index < -0.39 is 0 Å². The molecule has 0 aromatic heterocycles. The molecule has 2 aromatic rings. The quantitative estimate of drug-likeness (QED) is 0.843. The molecule has 4 rings (SSSR count). The number of nitrogens with zero attached hydrogens (tertiary/aromatic N) is 4. The molecule has 0 spiro atoms. The molecular weight excluding hydrogens is 292 g/mol. The third-order valence-corrected chi connectivity index (χ3v) is 3.98. The van der Waals surface area contributed by atoms with E-state index in [1.807, 2.05) is 48.5 Å². The number of aliphatic imine (C=N–C) groups is 1. The average Bonchev–Trinajstić information content (AvgIpc) is 2.86. The number of fused-ring (bicyclic) bond motifs is 3. The van der Waals surface area contributed by atoms with Crippen molar-refractivity contribution in [2.45, 2.75) is 12.6 Å². The van der Waals surface area contributed by atoms with Crippen LogP contribution in [0.15, 0.2) is 63.8 Å². The summed E-state index contributed by atoms with van der Waals surface area (Å²) < 4.78 is 5.19. The fourth-order valence-electron chi connectivity index (χ4n) is 2.83. The van der Waals surface area contributed by atoms with Gasteiger partial charge in [-0.05, 0) is 42.0 Å². The van der Waals surface area contributed by atoms with Crippen LogP contribution in [0.4, 0.5) is 16.2 Å². The van der Waals surface area contributed by atoms with Crippen LogP contribution in [-0.4, -0.2) is 25.0 Å². The third kappa shape index (κ3) is 2.28. The van der Waals surface area contributed by atoms with Crippen LogP contribution < -0.4 is 9.64 Å².